The van der Waals surface area contributed by atoms with Gasteiger partial charge in [-0.3, -0.25) is 9.09 Å². The van der Waals surface area contributed by atoms with E-state index < -0.39 is 44.8 Å². The Hall–Kier alpha value is -2.61. The fourth-order valence-electron chi connectivity index (χ4n) is 3.15. The van der Waals surface area contributed by atoms with Gasteiger partial charge in [0.2, 0.25) is 6.23 Å². The van der Waals surface area contributed by atoms with E-state index >= 15 is 0 Å². The van der Waals surface area contributed by atoms with Crippen molar-refractivity contribution in [1.29, 1.82) is 0 Å². The number of nitrogens with two attached hydrogens (primary N) is 1. The smallest absolute Gasteiger partial charge is 0.437 e. The molecule has 4 heterocycles. The minimum Gasteiger partial charge on any atom is -0.856 e. The average Bonchev–Trinajstić information content (AvgIpc) is 3.35. The van der Waals surface area contributed by atoms with Crippen LogP contribution in [0, 0.1) is 0 Å². The first-order chi connectivity index (χ1) is 13.7. The maximum absolute atomic E-state index is 12.2. The summed E-state index contributed by atoms with van der Waals surface area (Å²) in [5.41, 5.74) is 5.78. The molecular formula is C14H18N7O7P. The number of imidazole rings is 2. The highest BCUT2D eigenvalue weighted by atomic mass is 31.2. The van der Waals surface area contributed by atoms with Crippen molar-refractivity contribution in [3.63, 3.8) is 0 Å². The van der Waals surface area contributed by atoms with Crippen LogP contribution in [-0.2, 0) is 20.9 Å². The van der Waals surface area contributed by atoms with E-state index in [2.05, 4.69) is 15.0 Å². The fraction of sp³-hybridized carbons (Fsp3) is 0.429. The lowest BCUT2D eigenvalue weighted by Gasteiger charge is -2.17. The van der Waals surface area contributed by atoms with Crippen LogP contribution in [0.1, 0.15) is 6.23 Å². The number of hydrogen-bond donors (Lipinski definition) is 4. The van der Waals surface area contributed by atoms with Gasteiger partial charge in [-0.15, -0.1) is 0 Å². The van der Waals surface area contributed by atoms with Gasteiger partial charge in [-0.05, 0) is 0 Å². The molecule has 3 aromatic rings. The molecule has 1 unspecified atom stereocenters. The Bertz CT molecular complexity index is 1090. The predicted octanol–water partition coefficient (Wildman–Crippen LogP) is -2.61. The largest absolute Gasteiger partial charge is 0.856 e. The molecule has 14 nitrogen and oxygen atoms in total. The molecule has 5 atom stereocenters. The highest BCUT2D eigenvalue weighted by molar-refractivity contribution is 7.51. The average molecular weight is 427 g/mol. The number of rotatable bonds is 5. The van der Waals surface area contributed by atoms with Crippen molar-refractivity contribution in [2.75, 3.05) is 12.3 Å². The lowest BCUT2D eigenvalue weighted by Crippen LogP contribution is -2.46. The van der Waals surface area contributed by atoms with Gasteiger partial charge in [0.1, 0.15) is 24.6 Å². The van der Waals surface area contributed by atoms with Crippen LogP contribution in [0.15, 0.2) is 25.0 Å². The first kappa shape index (κ1) is 19.7. The van der Waals surface area contributed by atoms with Crippen LogP contribution in [0.3, 0.4) is 0 Å². The van der Waals surface area contributed by atoms with E-state index in [0.29, 0.717) is 0 Å². The number of aliphatic hydroxyl groups excluding tert-OH is 2. The normalized spacial score (nSPS) is 26.8. The van der Waals surface area contributed by atoms with Crippen LogP contribution in [0.25, 0.3) is 11.2 Å². The summed E-state index contributed by atoms with van der Waals surface area (Å²) >= 11 is 0. The van der Waals surface area contributed by atoms with E-state index in [1.54, 1.807) is 7.05 Å². The van der Waals surface area contributed by atoms with Crippen molar-refractivity contribution in [3.05, 3.63) is 25.0 Å². The van der Waals surface area contributed by atoms with E-state index in [1.807, 2.05) is 0 Å². The van der Waals surface area contributed by atoms with Crippen molar-refractivity contribution in [2.24, 2.45) is 7.05 Å². The number of nitrogens with zero attached hydrogens (tertiary/aromatic N) is 6. The second kappa shape index (κ2) is 7.02. The van der Waals surface area contributed by atoms with Crippen molar-refractivity contribution in [1.82, 2.24) is 23.9 Å². The van der Waals surface area contributed by atoms with E-state index in [-0.39, 0.29) is 17.1 Å². The molecule has 4 rings (SSSR count). The van der Waals surface area contributed by atoms with Crippen molar-refractivity contribution in [2.45, 2.75) is 24.5 Å². The number of aryl methyl sites for hydroxylation is 1. The van der Waals surface area contributed by atoms with Crippen LogP contribution >= 0.6 is 7.75 Å². The molecule has 1 aliphatic heterocycles. The lowest BCUT2D eigenvalue weighted by atomic mass is 10.1. The molecule has 0 amide bonds. The summed E-state index contributed by atoms with van der Waals surface area (Å²) in [5.74, 6) is -0.861. The maximum atomic E-state index is 12.2. The highest BCUT2D eigenvalue weighted by Crippen LogP contribution is 2.44. The quantitative estimate of drug-likeness (QED) is 0.246. The highest BCUT2D eigenvalue weighted by Gasteiger charge is 2.47. The standard InChI is InChI=1S/C14H18N7O7P/c1-19-6-21(11-8(19)12(24)18-14(15)17-11)13-10(23)9(22)7(28-13)4-27-29(25,26)20-3-2-16-5-20/h2-3,5-7,9-10,13,22-23H,4H2,1H3,(H3-,15,17,18,24,25,26)/t7-,9-,10-,13-/m1/s1. The van der Waals surface area contributed by atoms with Crippen molar-refractivity contribution >= 4 is 24.9 Å². The van der Waals surface area contributed by atoms with Gasteiger partial charge >= 0.3 is 13.4 Å². The Morgan fingerprint density at radius 2 is 2.17 bits per heavy atom. The molecule has 0 aliphatic carbocycles. The Morgan fingerprint density at radius 3 is 2.86 bits per heavy atom. The van der Waals surface area contributed by atoms with Gasteiger partial charge in [-0.25, -0.2) is 23.4 Å². The molecule has 15 heteroatoms. The van der Waals surface area contributed by atoms with Crippen LogP contribution in [0.4, 0.5) is 5.95 Å². The Balaban J connectivity index is 1.58. The lowest BCUT2D eigenvalue weighted by molar-refractivity contribution is -0.745. The van der Waals surface area contributed by atoms with Gasteiger partial charge in [0.15, 0.2) is 11.8 Å². The molecular weight excluding hydrogens is 409 g/mol. The van der Waals surface area contributed by atoms with E-state index in [0.717, 1.165) is 10.7 Å². The van der Waals surface area contributed by atoms with E-state index in [1.165, 1.54) is 27.9 Å². The second-order valence-electron chi connectivity index (χ2n) is 6.47. The number of nitrogen functional groups attached to an aromatic ring is 1. The molecule has 29 heavy (non-hydrogen) atoms. The zero-order valence-corrected chi connectivity index (χ0v) is 15.9. The Labute approximate surface area is 163 Å². The Morgan fingerprint density at radius 1 is 1.41 bits per heavy atom. The number of ether oxygens (including phenoxy) is 1. The SMILES string of the molecule is Cn1c[n+]([C@@H]2O[C@H](COP(=O)(O)n3ccnc3)[C@@H](O)[C@H]2O)c2nc(N)nc([O-])c21. The summed E-state index contributed by atoms with van der Waals surface area (Å²) in [6.07, 6.45) is -0.0424. The van der Waals surface area contributed by atoms with Crippen LogP contribution in [0.2, 0.25) is 0 Å². The van der Waals surface area contributed by atoms with Crippen LogP contribution in [-0.4, -0.2) is 63.9 Å². The summed E-state index contributed by atoms with van der Waals surface area (Å²) < 4.78 is 26.5. The Kier molecular flexibility index (Phi) is 4.77. The first-order valence-electron chi connectivity index (χ1n) is 8.37. The molecule has 5 N–H and O–H groups in total. The molecule has 3 aromatic heterocycles. The third-order valence-corrected chi connectivity index (χ3v) is 5.85. The summed E-state index contributed by atoms with van der Waals surface area (Å²) in [6, 6.07) is 0. The molecule has 1 fully saturated rings. The molecule has 1 aliphatic rings. The van der Waals surface area contributed by atoms with Gasteiger partial charge in [0.05, 0.1) is 13.7 Å². The third kappa shape index (κ3) is 3.35. The number of aromatic nitrogens is 6. The van der Waals surface area contributed by atoms with Crippen molar-refractivity contribution < 1.29 is 38.6 Å². The van der Waals surface area contributed by atoms with Crippen molar-refractivity contribution in [3.8, 4) is 5.88 Å². The topological polar surface area (TPSA) is 198 Å². The summed E-state index contributed by atoms with van der Waals surface area (Å²) in [4.78, 5) is 21.2. The summed E-state index contributed by atoms with van der Waals surface area (Å²) in [7, 11) is -2.67. The van der Waals surface area contributed by atoms with Crippen LogP contribution in [0.5, 0.6) is 5.88 Å². The third-order valence-electron chi connectivity index (χ3n) is 4.55. The monoisotopic (exact) mass is 427 g/mol. The minimum atomic E-state index is -4.24. The van der Waals surface area contributed by atoms with E-state index in [9.17, 15) is 24.8 Å². The molecule has 0 spiro atoms. The number of anilines is 1. The molecule has 0 aromatic carbocycles. The molecule has 1 saturated heterocycles. The zero-order chi connectivity index (χ0) is 20.9. The van der Waals surface area contributed by atoms with Gasteiger partial charge in [-0.2, -0.15) is 0 Å². The molecule has 156 valence electrons. The summed E-state index contributed by atoms with van der Waals surface area (Å²) in [6.45, 7) is -0.490. The molecule has 0 radical (unpaired) electrons. The van der Waals surface area contributed by atoms with E-state index in [4.69, 9.17) is 15.0 Å². The second-order valence-corrected chi connectivity index (χ2v) is 8.17. The number of hydrogen-bond acceptors (Lipinski definition) is 10. The van der Waals surface area contributed by atoms with Gasteiger partial charge < -0.3 is 30.7 Å². The molecule has 0 saturated carbocycles. The summed E-state index contributed by atoms with van der Waals surface area (Å²) in [5, 5.41) is 32.8. The number of fused-ring (bicyclic) bond motifs is 1. The van der Waals surface area contributed by atoms with Gasteiger partial charge in [-0.1, -0.05) is 4.98 Å². The van der Waals surface area contributed by atoms with Gasteiger partial charge in [0, 0.05) is 18.3 Å². The zero-order valence-electron chi connectivity index (χ0n) is 15.0. The van der Waals surface area contributed by atoms with Crippen LogP contribution < -0.4 is 15.4 Å². The molecule has 0 bridgehead atoms. The predicted molar refractivity (Wildman–Crippen MR) is 91.9 cm³/mol. The fourth-order valence-corrected chi connectivity index (χ4v) is 4.04. The van der Waals surface area contributed by atoms with Gasteiger partial charge in [0.25, 0.3) is 5.95 Å². The maximum Gasteiger partial charge on any atom is 0.437 e. The number of aliphatic hydroxyl groups is 2. The first-order valence-corrected chi connectivity index (χ1v) is 9.90. The minimum absolute atomic E-state index is 0.106.